The van der Waals surface area contributed by atoms with Gasteiger partial charge >= 0.3 is 6.03 Å². The number of nitrogens with zero attached hydrogens (tertiary/aromatic N) is 2. The SMILES string of the molecule is CNC(=O)NC(=O)[C@@H](Sc1nnc(-c2ccoc2C)o1)c1ccccc1. The van der Waals surface area contributed by atoms with Crippen molar-refractivity contribution < 1.29 is 18.4 Å². The van der Waals surface area contributed by atoms with Gasteiger partial charge in [0, 0.05) is 7.05 Å². The molecule has 3 rings (SSSR count). The van der Waals surface area contributed by atoms with E-state index in [2.05, 4.69) is 20.8 Å². The lowest BCUT2D eigenvalue weighted by Crippen LogP contribution is -2.39. The molecule has 0 spiro atoms. The van der Waals surface area contributed by atoms with Crippen LogP contribution in [0.2, 0.25) is 0 Å². The lowest BCUT2D eigenvalue weighted by atomic mass is 10.1. The zero-order chi connectivity index (χ0) is 18.5. The predicted octanol–water partition coefficient (Wildman–Crippen LogP) is 2.93. The van der Waals surface area contributed by atoms with Crippen LogP contribution in [0.1, 0.15) is 16.6 Å². The van der Waals surface area contributed by atoms with Crippen LogP contribution in [0.4, 0.5) is 4.79 Å². The molecule has 0 bridgehead atoms. The summed E-state index contributed by atoms with van der Waals surface area (Å²) >= 11 is 1.06. The van der Waals surface area contributed by atoms with Crippen molar-refractivity contribution in [3.63, 3.8) is 0 Å². The fourth-order valence-corrected chi connectivity index (χ4v) is 3.09. The van der Waals surface area contributed by atoms with Gasteiger partial charge in [-0.3, -0.25) is 10.1 Å². The van der Waals surface area contributed by atoms with Gasteiger partial charge in [-0.1, -0.05) is 30.3 Å². The average molecular weight is 372 g/mol. The highest BCUT2D eigenvalue weighted by atomic mass is 32.2. The maximum absolute atomic E-state index is 12.5. The summed E-state index contributed by atoms with van der Waals surface area (Å²) in [5.74, 6) is 0.472. The van der Waals surface area contributed by atoms with Gasteiger partial charge in [0.05, 0.1) is 11.8 Å². The van der Waals surface area contributed by atoms with E-state index in [0.29, 0.717) is 22.8 Å². The maximum atomic E-state index is 12.5. The number of carbonyl (C=O) groups is 2. The molecule has 0 fully saturated rings. The van der Waals surface area contributed by atoms with Gasteiger partial charge < -0.3 is 14.2 Å². The molecule has 0 aliphatic carbocycles. The third-order valence-electron chi connectivity index (χ3n) is 3.52. The van der Waals surface area contributed by atoms with Crippen molar-refractivity contribution in [2.75, 3.05) is 7.05 Å². The highest BCUT2D eigenvalue weighted by molar-refractivity contribution is 8.00. The minimum absolute atomic E-state index is 0.210. The Morgan fingerprint density at radius 3 is 2.58 bits per heavy atom. The van der Waals surface area contributed by atoms with E-state index >= 15 is 0 Å². The molecule has 3 amide bonds. The summed E-state index contributed by atoms with van der Waals surface area (Å²) in [6, 6.07) is 10.2. The zero-order valence-corrected chi connectivity index (χ0v) is 14.9. The number of aryl methyl sites for hydroxylation is 1. The summed E-state index contributed by atoms with van der Waals surface area (Å²) in [5, 5.41) is 12.1. The number of benzene rings is 1. The normalized spacial score (nSPS) is 11.8. The predicted molar refractivity (Wildman–Crippen MR) is 94.4 cm³/mol. The Balaban J connectivity index is 1.84. The Kier molecular flexibility index (Phi) is 5.37. The topological polar surface area (TPSA) is 110 Å². The second-order valence-corrected chi connectivity index (χ2v) is 6.30. The first-order valence-electron chi connectivity index (χ1n) is 7.70. The van der Waals surface area contributed by atoms with Crippen molar-refractivity contribution in [3.8, 4) is 11.5 Å². The smallest absolute Gasteiger partial charge is 0.321 e. The van der Waals surface area contributed by atoms with E-state index in [4.69, 9.17) is 8.83 Å². The third-order valence-corrected chi connectivity index (χ3v) is 4.61. The third kappa shape index (κ3) is 3.94. The molecule has 9 heteroatoms. The molecule has 1 aromatic carbocycles. The molecule has 134 valence electrons. The van der Waals surface area contributed by atoms with Crippen LogP contribution in [0, 0.1) is 6.92 Å². The van der Waals surface area contributed by atoms with Crippen LogP contribution in [0.3, 0.4) is 0 Å². The van der Waals surface area contributed by atoms with E-state index in [9.17, 15) is 9.59 Å². The summed E-state index contributed by atoms with van der Waals surface area (Å²) in [7, 11) is 1.44. The number of hydrogen-bond acceptors (Lipinski definition) is 7. The Hall–Kier alpha value is -3.07. The van der Waals surface area contributed by atoms with Gasteiger partial charge in [-0.15, -0.1) is 10.2 Å². The van der Waals surface area contributed by atoms with Crippen molar-refractivity contribution >= 4 is 23.7 Å². The summed E-state index contributed by atoms with van der Waals surface area (Å²) in [6.45, 7) is 1.79. The number of aromatic nitrogens is 2. The van der Waals surface area contributed by atoms with E-state index in [-0.39, 0.29) is 5.22 Å². The Morgan fingerprint density at radius 2 is 1.92 bits per heavy atom. The second-order valence-electron chi connectivity index (χ2n) is 5.24. The van der Waals surface area contributed by atoms with E-state index < -0.39 is 17.2 Å². The fourth-order valence-electron chi connectivity index (χ4n) is 2.21. The summed E-state index contributed by atoms with van der Waals surface area (Å²) in [6.07, 6.45) is 1.53. The molecular formula is C17H16N4O4S. The molecule has 8 nitrogen and oxygen atoms in total. The molecule has 2 N–H and O–H groups in total. The molecule has 0 unspecified atom stereocenters. The summed E-state index contributed by atoms with van der Waals surface area (Å²) < 4.78 is 10.9. The first-order chi connectivity index (χ1) is 12.6. The van der Waals surface area contributed by atoms with Crippen LogP contribution in [0.25, 0.3) is 11.5 Å². The van der Waals surface area contributed by atoms with Crippen LogP contribution < -0.4 is 10.6 Å². The molecule has 0 saturated carbocycles. The quantitative estimate of drug-likeness (QED) is 0.663. The van der Waals surface area contributed by atoms with Crippen LogP contribution >= 0.6 is 11.8 Å². The number of rotatable bonds is 5. The maximum Gasteiger partial charge on any atom is 0.321 e. The summed E-state index contributed by atoms with van der Waals surface area (Å²) in [5.41, 5.74) is 1.40. The molecule has 0 aliphatic heterocycles. The fraction of sp³-hybridized carbons (Fsp3) is 0.176. The number of hydrogen-bond donors (Lipinski definition) is 2. The van der Waals surface area contributed by atoms with E-state index in [0.717, 1.165) is 11.8 Å². The largest absolute Gasteiger partial charge is 0.469 e. The second kappa shape index (κ2) is 7.87. The number of urea groups is 1. The Labute approximate surface area is 153 Å². The molecular weight excluding hydrogens is 356 g/mol. The Bertz CT molecular complexity index is 906. The Morgan fingerprint density at radius 1 is 1.15 bits per heavy atom. The lowest BCUT2D eigenvalue weighted by Gasteiger charge is -2.14. The first kappa shape index (κ1) is 17.7. The van der Waals surface area contributed by atoms with Crippen LogP contribution in [0.5, 0.6) is 0 Å². The van der Waals surface area contributed by atoms with Crippen molar-refractivity contribution in [2.45, 2.75) is 17.4 Å². The van der Waals surface area contributed by atoms with Crippen LogP contribution in [-0.4, -0.2) is 29.2 Å². The molecule has 26 heavy (non-hydrogen) atoms. The minimum atomic E-state index is -0.729. The molecule has 3 aromatic rings. The molecule has 0 radical (unpaired) electrons. The number of thioether (sulfide) groups is 1. The van der Waals surface area contributed by atoms with Crippen molar-refractivity contribution in [1.82, 2.24) is 20.8 Å². The standard InChI is InChI=1S/C17H16N4O4S/c1-10-12(8-9-24-10)15-20-21-17(25-15)26-13(11-6-4-3-5-7-11)14(22)19-16(23)18-2/h3-9,13H,1-2H3,(H2,18,19,22,23)/t13-/m0/s1. The molecule has 0 aliphatic rings. The monoisotopic (exact) mass is 372 g/mol. The number of furan rings is 1. The zero-order valence-electron chi connectivity index (χ0n) is 14.1. The number of amides is 3. The minimum Gasteiger partial charge on any atom is -0.469 e. The number of carbonyl (C=O) groups excluding carboxylic acids is 2. The van der Waals surface area contributed by atoms with E-state index in [1.165, 1.54) is 13.3 Å². The van der Waals surface area contributed by atoms with E-state index in [1.807, 2.05) is 18.2 Å². The van der Waals surface area contributed by atoms with Gasteiger partial charge in [0.1, 0.15) is 11.0 Å². The molecule has 2 heterocycles. The first-order valence-corrected chi connectivity index (χ1v) is 8.58. The van der Waals surface area contributed by atoms with Crippen LogP contribution in [0.15, 0.2) is 56.7 Å². The molecule has 0 saturated heterocycles. The molecule has 1 atom stereocenters. The van der Waals surface area contributed by atoms with Crippen LogP contribution in [-0.2, 0) is 4.79 Å². The van der Waals surface area contributed by atoms with Crippen molar-refractivity contribution in [3.05, 3.63) is 54.0 Å². The van der Waals surface area contributed by atoms with Gasteiger partial charge in [0.15, 0.2) is 0 Å². The lowest BCUT2D eigenvalue weighted by molar-refractivity contribution is -0.119. The van der Waals surface area contributed by atoms with E-state index in [1.54, 1.807) is 25.1 Å². The van der Waals surface area contributed by atoms with Gasteiger partial charge in [-0.05, 0) is 30.3 Å². The molecule has 2 aromatic heterocycles. The van der Waals surface area contributed by atoms with Gasteiger partial charge in [0.2, 0.25) is 5.91 Å². The highest BCUT2D eigenvalue weighted by Crippen LogP contribution is 2.36. The number of imide groups is 1. The van der Waals surface area contributed by atoms with Crippen molar-refractivity contribution in [1.29, 1.82) is 0 Å². The van der Waals surface area contributed by atoms with Gasteiger partial charge in [-0.25, -0.2) is 4.79 Å². The van der Waals surface area contributed by atoms with Gasteiger partial charge in [-0.2, -0.15) is 0 Å². The highest BCUT2D eigenvalue weighted by Gasteiger charge is 2.26. The van der Waals surface area contributed by atoms with Crippen molar-refractivity contribution in [2.24, 2.45) is 0 Å². The average Bonchev–Trinajstić information content (AvgIpc) is 3.28. The number of nitrogens with one attached hydrogen (secondary N) is 2. The van der Waals surface area contributed by atoms with Gasteiger partial charge in [0.25, 0.3) is 11.1 Å². The summed E-state index contributed by atoms with van der Waals surface area (Å²) in [4.78, 5) is 24.0.